The first kappa shape index (κ1) is 16.6. The second-order valence-corrected chi connectivity index (χ2v) is 5.93. The molecule has 9 nitrogen and oxygen atoms in total. The van der Waals surface area contributed by atoms with Gasteiger partial charge in [0.2, 0.25) is 0 Å². The smallest absolute Gasteiger partial charge is 0.326 e. The van der Waals surface area contributed by atoms with E-state index >= 15 is 0 Å². The van der Waals surface area contributed by atoms with Gasteiger partial charge in [-0.3, -0.25) is 14.9 Å². The summed E-state index contributed by atoms with van der Waals surface area (Å²) in [5.41, 5.74) is 0.0780. The van der Waals surface area contributed by atoms with E-state index < -0.39 is 22.8 Å². The normalized spacial score (nSPS) is 14.7. The number of amides is 1. The molecule has 1 heterocycles. The van der Waals surface area contributed by atoms with Crippen molar-refractivity contribution in [3.05, 3.63) is 52.3 Å². The number of carbonyl (C=O) groups is 2. The number of hydrogen-bond acceptors (Lipinski definition) is 5. The van der Waals surface area contributed by atoms with Crippen molar-refractivity contribution in [2.45, 2.75) is 25.3 Å². The van der Waals surface area contributed by atoms with Crippen LogP contribution in [0.5, 0.6) is 0 Å². The minimum Gasteiger partial charge on any atom is -0.480 e. The number of nitrogens with one attached hydrogen (secondary N) is 1. The second kappa shape index (κ2) is 6.71. The summed E-state index contributed by atoms with van der Waals surface area (Å²) in [6.07, 6.45) is 3.78. The molecule has 130 valence electrons. The SMILES string of the molecule is O=C(NC(CC1CC1)C(=O)O)c1ccn(-c2ccccc2[N+](=O)[O-])n1. The first-order chi connectivity index (χ1) is 12.0. The zero-order valence-corrected chi connectivity index (χ0v) is 13.2. The van der Waals surface area contributed by atoms with Gasteiger partial charge in [0.05, 0.1) is 4.92 Å². The third-order valence-corrected chi connectivity index (χ3v) is 4.02. The number of carboxylic acids is 1. The average molecular weight is 344 g/mol. The summed E-state index contributed by atoms with van der Waals surface area (Å²) in [7, 11) is 0. The van der Waals surface area contributed by atoms with Crippen LogP contribution in [0.25, 0.3) is 5.69 Å². The summed E-state index contributed by atoms with van der Waals surface area (Å²) in [6, 6.07) is 6.44. The maximum absolute atomic E-state index is 12.2. The Balaban J connectivity index is 1.77. The van der Waals surface area contributed by atoms with Crippen LogP contribution in [-0.2, 0) is 4.79 Å². The van der Waals surface area contributed by atoms with Crippen LogP contribution in [0.1, 0.15) is 29.8 Å². The van der Waals surface area contributed by atoms with E-state index in [1.165, 1.54) is 35.1 Å². The predicted octanol–water partition coefficient (Wildman–Crippen LogP) is 1.76. The molecule has 0 aliphatic heterocycles. The summed E-state index contributed by atoms with van der Waals surface area (Å²) >= 11 is 0. The van der Waals surface area contributed by atoms with Crippen molar-refractivity contribution in [1.82, 2.24) is 15.1 Å². The van der Waals surface area contributed by atoms with Crippen molar-refractivity contribution in [2.24, 2.45) is 5.92 Å². The number of rotatable bonds is 7. The number of para-hydroxylation sites is 2. The average Bonchev–Trinajstić information content (AvgIpc) is 3.26. The van der Waals surface area contributed by atoms with Gasteiger partial charge in [-0.25, -0.2) is 9.48 Å². The molecule has 2 aromatic rings. The highest BCUT2D eigenvalue weighted by Crippen LogP contribution is 2.33. The molecule has 1 saturated carbocycles. The minimum atomic E-state index is -1.08. The van der Waals surface area contributed by atoms with Crippen molar-refractivity contribution >= 4 is 17.6 Å². The summed E-state index contributed by atoms with van der Waals surface area (Å²) in [4.78, 5) is 34.1. The first-order valence-corrected chi connectivity index (χ1v) is 7.79. The van der Waals surface area contributed by atoms with Crippen LogP contribution >= 0.6 is 0 Å². The highest BCUT2D eigenvalue weighted by atomic mass is 16.6. The van der Waals surface area contributed by atoms with E-state index in [9.17, 15) is 24.8 Å². The maximum atomic E-state index is 12.2. The largest absolute Gasteiger partial charge is 0.480 e. The topological polar surface area (TPSA) is 127 Å². The lowest BCUT2D eigenvalue weighted by Crippen LogP contribution is -2.41. The summed E-state index contributed by atoms with van der Waals surface area (Å²) < 4.78 is 1.23. The van der Waals surface area contributed by atoms with Gasteiger partial charge in [-0.1, -0.05) is 25.0 Å². The van der Waals surface area contributed by atoms with Crippen LogP contribution in [0.3, 0.4) is 0 Å². The maximum Gasteiger partial charge on any atom is 0.326 e. The molecule has 1 amide bonds. The lowest BCUT2D eigenvalue weighted by Gasteiger charge is -2.12. The van der Waals surface area contributed by atoms with E-state index in [1.54, 1.807) is 6.07 Å². The Bertz CT molecular complexity index is 827. The Morgan fingerprint density at radius 2 is 2.08 bits per heavy atom. The Morgan fingerprint density at radius 3 is 2.72 bits per heavy atom. The van der Waals surface area contributed by atoms with Crippen LogP contribution in [0.2, 0.25) is 0 Å². The van der Waals surface area contributed by atoms with Gasteiger partial charge < -0.3 is 10.4 Å². The zero-order valence-electron chi connectivity index (χ0n) is 13.2. The minimum absolute atomic E-state index is 0.000183. The summed E-state index contributed by atoms with van der Waals surface area (Å²) in [5.74, 6) is -1.37. The molecule has 9 heteroatoms. The highest BCUT2D eigenvalue weighted by Gasteiger charge is 2.30. The van der Waals surface area contributed by atoms with Crippen LogP contribution < -0.4 is 5.32 Å². The van der Waals surface area contributed by atoms with E-state index in [0.29, 0.717) is 12.3 Å². The number of carbonyl (C=O) groups excluding carboxylic acids is 1. The number of aliphatic carboxylic acids is 1. The fraction of sp³-hybridized carbons (Fsp3) is 0.312. The molecule has 0 spiro atoms. The summed E-state index contributed by atoms with van der Waals surface area (Å²) in [5, 5.41) is 26.8. The van der Waals surface area contributed by atoms with Crippen molar-refractivity contribution in [3.8, 4) is 5.69 Å². The Labute approximate surface area is 142 Å². The third-order valence-electron chi connectivity index (χ3n) is 4.02. The third kappa shape index (κ3) is 3.82. The molecule has 1 aliphatic rings. The Kier molecular flexibility index (Phi) is 4.46. The van der Waals surface area contributed by atoms with Gasteiger partial charge in [-0.2, -0.15) is 5.10 Å². The van der Waals surface area contributed by atoms with E-state index in [2.05, 4.69) is 10.4 Å². The molecule has 0 radical (unpaired) electrons. The molecule has 1 unspecified atom stereocenters. The van der Waals surface area contributed by atoms with Crippen LogP contribution in [0, 0.1) is 16.0 Å². The molecule has 2 N–H and O–H groups in total. The molecule has 3 rings (SSSR count). The molecule has 0 saturated heterocycles. The van der Waals surface area contributed by atoms with Crippen LogP contribution in [-0.4, -0.2) is 37.7 Å². The van der Waals surface area contributed by atoms with Crippen LogP contribution in [0.4, 0.5) is 5.69 Å². The number of nitro groups is 1. The molecule has 1 aromatic carbocycles. The predicted molar refractivity (Wildman–Crippen MR) is 86.4 cm³/mol. The van der Waals surface area contributed by atoms with Crippen molar-refractivity contribution in [2.75, 3.05) is 0 Å². The number of benzene rings is 1. The van der Waals surface area contributed by atoms with E-state index in [0.717, 1.165) is 12.8 Å². The second-order valence-electron chi connectivity index (χ2n) is 5.93. The van der Waals surface area contributed by atoms with Gasteiger partial charge in [-0.15, -0.1) is 0 Å². The number of hydrogen-bond donors (Lipinski definition) is 2. The number of carboxylic acid groups (broad SMARTS) is 1. The van der Waals surface area contributed by atoms with Crippen molar-refractivity contribution in [3.63, 3.8) is 0 Å². The van der Waals surface area contributed by atoms with E-state index in [-0.39, 0.29) is 17.1 Å². The van der Waals surface area contributed by atoms with Crippen LogP contribution in [0.15, 0.2) is 36.5 Å². The molecular formula is C16H16N4O5. The summed E-state index contributed by atoms with van der Waals surface area (Å²) in [6.45, 7) is 0. The number of nitro benzene ring substituents is 1. The molecule has 1 atom stereocenters. The monoisotopic (exact) mass is 344 g/mol. The van der Waals surface area contributed by atoms with E-state index in [1.807, 2.05) is 0 Å². The standard InChI is InChI=1S/C16H16N4O5/c21-15(17-12(16(22)23)9-10-5-6-10)11-7-8-19(18-11)13-3-1-2-4-14(13)20(24)25/h1-4,7-8,10,12H,5-6,9H2,(H,17,21)(H,22,23). The Hall–Kier alpha value is -3.23. The fourth-order valence-electron chi connectivity index (χ4n) is 2.53. The van der Waals surface area contributed by atoms with E-state index in [4.69, 9.17) is 0 Å². The number of nitrogens with zero attached hydrogens (tertiary/aromatic N) is 3. The quantitative estimate of drug-likeness (QED) is 0.582. The van der Waals surface area contributed by atoms with Gasteiger partial charge in [-0.05, 0) is 24.5 Å². The lowest BCUT2D eigenvalue weighted by atomic mass is 10.1. The zero-order chi connectivity index (χ0) is 18.0. The lowest BCUT2D eigenvalue weighted by molar-refractivity contribution is -0.384. The van der Waals surface area contributed by atoms with Gasteiger partial charge in [0.1, 0.15) is 11.7 Å². The van der Waals surface area contributed by atoms with Gasteiger partial charge in [0.25, 0.3) is 11.6 Å². The molecule has 1 aliphatic carbocycles. The van der Waals surface area contributed by atoms with Gasteiger partial charge in [0.15, 0.2) is 5.69 Å². The Morgan fingerprint density at radius 1 is 1.36 bits per heavy atom. The number of aromatic nitrogens is 2. The fourth-order valence-corrected chi connectivity index (χ4v) is 2.53. The highest BCUT2D eigenvalue weighted by molar-refractivity contribution is 5.94. The van der Waals surface area contributed by atoms with Crippen molar-refractivity contribution < 1.29 is 19.6 Å². The molecule has 1 aromatic heterocycles. The molecular weight excluding hydrogens is 328 g/mol. The first-order valence-electron chi connectivity index (χ1n) is 7.79. The van der Waals surface area contributed by atoms with Crippen molar-refractivity contribution in [1.29, 1.82) is 0 Å². The van der Waals surface area contributed by atoms with Gasteiger partial charge >= 0.3 is 5.97 Å². The van der Waals surface area contributed by atoms with Gasteiger partial charge in [0, 0.05) is 12.3 Å². The molecule has 1 fully saturated rings. The molecule has 0 bridgehead atoms. The molecule has 25 heavy (non-hydrogen) atoms.